The molecule has 0 aliphatic heterocycles. The Labute approximate surface area is 179 Å². The van der Waals surface area contributed by atoms with E-state index in [-0.39, 0.29) is 5.41 Å². The normalized spacial score (nSPS) is 13.5. The van der Waals surface area contributed by atoms with E-state index in [0.717, 1.165) is 11.1 Å². The van der Waals surface area contributed by atoms with Crippen molar-refractivity contribution in [1.29, 1.82) is 0 Å². The summed E-state index contributed by atoms with van der Waals surface area (Å²) in [6.07, 6.45) is 2.59. The summed E-state index contributed by atoms with van der Waals surface area (Å²) in [5, 5.41) is 0. The Kier molecular flexibility index (Phi) is 8.16. The molecule has 158 valence electrons. The minimum atomic E-state index is -1.11. The fourth-order valence-corrected chi connectivity index (χ4v) is 2.74. The van der Waals surface area contributed by atoms with Crippen LogP contribution in [0.1, 0.15) is 51.3 Å². The van der Waals surface area contributed by atoms with Crippen LogP contribution in [0.5, 0.6) is 0 Å². The molecule has 0 fully saturated rings. The van der Waals surface area contributed by atoms with Gasteiger partial charge in [0.05, 0.1) is 0 Å². The van der Waals surface area contributed by atoms with Gasteiger partial charge < -0.3 is 9.47 Å². The molecule has 0 aliphatic carbocycles. The van der Waals surface area contributed by atoms with Gasteiger partial charge in [-0.15, -0.1) is 0 Å². The maximum Gasteiger partial charge on any atom is 0.352 e. The monoisotopic (exact) mass is 406 g/mol. The molecule has 2 aromatic rings. The first-order valence-corrected chi connectivity index (χ1v) is 10.0. The highest BCUT2D eigenvalue weighted by atomic mass is 16.6. The third-order valence-corrected chi connectivity index (χ3v) is 4.68. The summed E-state index contributed by atoms with van der Waals surface area (Å²) >= 11 is 0. The molecule has 0 radical (unpaired) electrons. The molecule has 0 saturated carbocycles. The van der Waals surface area contributed by atoms with Crippen LogP contribution in [0.15, 0.2) is 78.9 Å². The smallest absolute Gasteiger partial charge is 0.352 e. The van der Waals surface area contributed by atoms with Gasteiger partial charge in [0.15, 0.2) is 0 Å². The highest BCUT2D eigenvalue weighted by molar-refractivity contribution is 5.80. The summed E-state index contributed by atoms with van der Waals surface area (Å²) in [6, 6.07) is 18.6. The molecule has 0 N–H and O–H groups in total. The molecule has 30 heavy (non-hydrogen) atoms. The Morgan fingerprint density at radius 3 is 2.07 bits per heavy atom. The lowest BCUT2D eigenvalue weighted by Crippen LogP contribution is -2.26. The maximum atomic E-state index is 13.0. The summed E-state index contributed by atoms with van der Waals surface area (Å²) in [6.45, 7) is 11.7. The second kappa shape index (κ2) is 10.6. The van der Waals surface area contributed by atoms with Crippen LogP contribution in [0.3, 0.4) is 0 Å². The van der Waals surface area contributed by atoms with E-state index in [1.165, 1.54) is 6.92 Å². The van der Waals surface area contributed by atoms with Crippen LogP contribution in [0, 0.1) is 5.41 Å². The third kappa shape index (κ3) is 7.36. The van der Waals surface area contributed by atoms with Gasteiger partial charge in [0.25, 0.3) is 0 Å². The minimum absolute atomic E-state index is 0.125. The van der Waals surface area contributed by atoms with Crippen LogP contribution in [0.4, 0.5) is 0 Å². The van der Waals surface area contributed by atoms with Gasteiger partial charge in [-0.3, -0.25) is 4.79 Å². The summed E-state index contributed by atoms with van der Waals surface area (Å²) in [5.74, 6) is -1.16. The van der Waals surface area contributed by atoms with Crippen LogP contribution in [0.25, 0.3) is 6.08 Å². The van der Waals surface area contributed by atoms with Crippen molar-refractivity contribution in [2.45, 2.75) is 46.3 Å². The molecule has 4 nitrogen and oxygen atoms in total. The van der Waals surface area contributed by atoms with Crippen molar-refractivity contribution in [3.63, 3.8) is 0 Å². The number of hydrogen-bond acceptors (Lipinski definition) is 4. The molecule has 0 heterocycles. The number of benzene rings is 2. The number of carbonyl (C=O) groups is 2. The predicted molar refractivity (Wildman–Crippen MR) is 120 cm³/mol. The largest absolute Gasteiger partial charge is 0.455 e. The summed E-state index contributed by atoms with van der Waals surface area (Å²) in [5.41, 5.74) is 2.40. The number of esters is 2. The predicted octanol–water partition coefficient (Wildman–Crippen LogP) is 5.91. The van der Waals surface area contributed by atoms with Crippen molar-refractivity contribution in [1.82, 2.24) is 0 Å². The Bertz CT molecular complexity index is 876. The summed E-state index contributed by atoms with van der Waals surface area (Å²) in [7, 11) is 0. The molecule has 0 bridgehead atoms. The first-order chi connectivity index (χ1) is 14.2. The number of carbonyl (C=O) groups excluding carboxylic acids is 2. The van der Waals surface area contributed by atoms with E-state index in [1.807, 2.05) is 48.6 Å². The van der Waals surface area contributed by atoms with E-state index in [2.05, 4.69) is 27.4 Å². The first-order valence-electron chi connectivity index (χ1n) is 10.0. The molecule has 0 saturated heterocycles. The Balaban J connectivity index is 2.25. The molecule has 0 aromatic heterocycles. The fourth-order valence-electron chi connectivity index (χ4n) is 2.74. The van der Waals surface area contributed by atoms with Gasteiger partial charge in [0.2, 0.25) is 6.10 Å². The standard InChI is InChI=1S/C26H30O4/c1-19(26(3,4)5)18-23(17-16-21-12-8-6-9-13-21)30-25(28)24(29-20(2)27)22-14-10-7-11-15-22/h6-17,23-24H,1,18H2,2-5H3/b17-16+/t23-,24+/m1/s1. The Morgan fingerprint density at radius 2 is 1.53 bits per heavy atom. The van der Waals surface area contributed by atoms with Crippen LogP contribution in [-0.4, -0.2) is 18.0 Å². The zero-order valence-electron chi connectivity index (χ0n) is 18.1. The molecule has 0 spiro atoms. The molecule has 0 amide bonds. The SMILES string of the molecule is C=C(C[C@@H](/C=C/c1ccccc1)OC(=O)[C@@H](OC(C)=O)c1ccccc1)C(C)(C)C. The average molecular weight is 407 g/mol. The quantitative estimate of drug-likeness (QED) is 0.404. The summed E-state index contributed by atoms with van der Waals surface area (Å²) in [4.78, 5) is 24.5. The molecule has 4 heteroatoms. The Morgan fingerprint density at radius 1 is 0.967 bits per heavy atom. The van der Waals surface area contributed by atoms with Gasteiger partial charge in [-0.25, -0.2) is 4.79 Å². The minimum Gasteiger partial charge on any atom is -0.455 e. The molecular weight excluding hydrogens is 376 g/mol. The number of ether oxygens (including phenoxy) is 2. The lowest BCUT2D eigenvalue weighted by Gasteiger charge is -2.26. The fraction of sp³-hybridized carbons (Fsp3) is 0.308. The van der Waals surface area contributed by atoms with Crippen molar-refractivity contribution in [2.75, 3.05) is 0 Å². The van der Waals surface area contributed by atoms with Crippen LogP contribution in [-0.2, 0) is 19.1 Å². The van der Waals surface area contributed by atoms with Gasteiger partial charge in [-0.05, 0) is 17.1 Å². The van der Waals surface area contributed by atoms with Crippen molar-refractivity contribution < 1.29 is 19.1 Å². The molecule has 2 atom stereocenters. The lowest BCUT2D eigenvalue weighted by atomic mass is 9.84. The van der Waals surface area contributed by atoms with Crippen molar-refractivity contribution in [3.8, 4) is 0 Å². The molecule has 0 aliphatic rings. The lowest BCUT2D eigenvalue weighted by molar-refractivity contribution is -0.169. The van der Waals surface area contributed by atoms with E-state index in [1.54, 1.807) is 24.3 Å². The topological polar surface area (TPSA) is 52.6 Å². The van der Waals surface area contributed by atoms with E-state index in [0.29, 0.717) is 12.0 Å². The number of rotatable bonds is 8. The highest BCUT2D eigenvalue weighted by Crippen LogP contribution is 2.29. The van der Waals surface area contributed by atoms with E-state index in [9.17, 15) is 9.59 Å². The van der Waals surface area contributed by atoms with E-state index >= 15 is 0 Å². The van der Waals surface area contributed by atoms with Crippen molar-refractivity contribution >= 4 is 18.0 Å². The molecular formula is C26H30O4. The second-order valence-electron chi connectivity index (χ2n) is 8.20. The van der Waals surface area contributed by atoms with Crippen LogP contribution >= 0.6 is 0 Å². The maximum absolute atomic E-state index is 13.0. The van der Waals surface area contributed by atoms with Gasteiger partial charge in [0.1, 0.15) is 6.10 Å². The van der Waals surface area contributed by atoms with Crippen LogP contribution < -0.4 is 0 Å². The van der Waals surface area contributed by atoms with Crippen molar-refractivity contribution in [2.24, 2.45) is 5.41 Å². The average Bonchev–Trinajstić information content (AvgIpc) is 2.70. The zero-order chi connectivity index (χ0) is 22.1. The van der Waals surface area contributed by atoms with Gasteiger partial charge >= 0.3 is 11.9 Å². The first kappa shape index (κ1) is 23.1. The van der Waals surface area contributed by atoms with E-state index < -0.39 is 24.1 Å². The number of hydrogen-bond donors (Lipinski definition) is 0. The third-order valence-electron chi connectivity index (χ3n) is 4.68. The zero-order valence-corrected chi connectivity index (χ0v) is 18.1. The molecule has 0 unspecified atom stereocenters. The van der Waals surface area contributed by atoms with E-state index in [4.69, 9.17) is 9.47 Å². The summed E-state index contributed by atoms with van der Waals surface area (Å²) < 4.78 is 11.1. The Hall–Kier alpha value is -3.14. The second-order valence-corrected chi connectivity index (χ2v) is 8.20. The van der Waals surface area contributed by atoms with Gasteiger partial charge in [-0.1, -0.05) is 99.7 Å². The van der Waals surface area contributed by atoms with Crippen molar-refractivity contribution in [3.05, 3.63) is 90.0 Å². The highest BCUT2D eigenvalue weighted by Gasteiger charge is 2.28. The van der Waals surface area contributed by atoms with Gasteiger partial charge in [0, 0.05) is 18.9 Å². The van der Waals surface area contributed by atoms with Crippen LogP contribution in [0.2, 0.25) is 0 Å². The van der Waals surface area contributed by atoms with Gasteiger partial charge in [-0.2, -0.15) is 0 Å². The molecule has 2 rings (SSSR count). The molecule has 2 aromatic carbocycles.